The number of rotatable bonds is 2. The second-order valence-electron chi connectivity index (χ2n) is 3.80. The minimum atomic E-state index is -0.391. The number of pyridine rings is 1. The molecule has 18 heavy (non-hydrogen) atoms. The molecule has 0 saturated carbocycles. The van der Waals surface area contributed by atoms with Gasteiger partial charge in [-0.15, -0.1) is 0 Å². The second-order valence-corrected chi connectivity index (χ2v) is 5.04. The average molecular weight is 354 g/mol. The Balaban J connectivity index is 2.25. The largest absolute Gasteiger partial charge is 0.322 e. The highest BCUT2D eigenvalue weighted by molar-refractivity contribution is 14.1. The summed E-state index contributed by atoms with van der Waals surface area (Å²) >= 11 is 2.19. The fraction of sp³-hybridized carbons (Fsp3) is 0.0769. The molecule has 1 aromatic heterocycles. The van der Waals surface area contributed by atoms with Crippen LogP contribution in [0, 0.1) is 3.57 Å². The van der Waals surface area contributed by atoms with E-state index in [9.17, 15) is 9.59 Å². The lowest BCUT2D eigenvalue weighted by molar-refractivity contribution is 0.102. The highest BCUT2D eigenvalue weighted by atomic mass is 127. The average Bonchev–Trinajstić information content (AvgIpc) is 2.35. The van der Waals surface area contributed by atoms with Crippen molar-refractivity contribution in [3.8, 4) is 0 Å². The van der Waals surface area contributed by atoms with Crippen molar-refractivity contribution in [3.05, 3.63) is 62.1 Å². The van der Waals surface area contributed by atoms with Gasteiger partial charge >= 0.3 is 0 Å². The second kappa shape index (κ2) is 5.34. The van der Waals surface area contributed by atoms with Crippen molar-refractivity contribution >= 4 is 34.2 Å². The van der Waals surface area contributed by atoms with Gasteiger partial charge in [0.2, 0.25) is 0 Å². The first kappa shape index (κ1) is 12.8. The molecule has 1 amide bonds. The first-order valence-corrected chi connectivity index (χ1v) is 6.38. The Labute approximate surface area is 118 Å². The number of halogens is 1. The lowest BCUT2D eigenvalue weighted by Gasteiger charge is -2.05. The monoisotopic (exact) mass is 354 g/mol. The number of hydrogen-bond donors (Lipinski definition) is 1. The predicted octanol–water partition coefficient (Wildman–Crippen LogP) is 2.24. The van der Waals surface area contributed by atoms with Crippen molar-refractivity contribution in [2.45, 2.75) is 0 Å². The molecule has 0 atom stereocenters. The fourth-order valence-electron chi connectivity index (χ4n) is 1.50. The normalized spacial score (nSPS) is 10.1. The molecule has 0 unspecified atom stereocenters. The third-order valence-corrected chi connectivity index (χ3v) is 3.19. The topological polar surface area (TPSA) is 51.1 Å². The zero-order valence-corrected chi connectivity index (χ0v) is 11.8. The van der Waals surface area contributed by atoms with Gasteiger partial charge in [0.15, 0.2) is 0 Å². The van der Waals surface area contributed by atoms with E-state index in [1.54, 1.807) is 31.4 Å². The molecule has 5 heteroatoms. The van der Waals surface area contributed by atoms with Gasteiger partial charge in [0.05, 0.1) is 0 Å². The van der Waals surface area contributed by atoms with Crippen LogP contribution in [0.2, 0.25) is 0 Å². The van der Waals surface area contributed by atoms with E-state index in [0.717, 1.165) is 3.57 Å². The van der Waals surface area contributed by atoms with Crippen molar-refractivity contribution in [2.75, 3.05) is 5.32 Å². The van der Waals surface area contributed by atoms with Crippen molar-refractivity contribution in [3.63, 3.8) is 0 Å². The number of carbonyl (C=O) groups is 1. The van der Waals surface area contributed by atoms with Crippen LogP contribution in [0.3, 0.4) is 0 Å². The van der Waals surface area contributed by atoms with E-state index in [-0.39, 0.29) is 11.1 Å². The summed E-state index contributed by atoms with van der Waals surface area (Å²) in [5.41, 5.74) is 0.505. The molecule has 1 N–H and O–H groups in total. The number of nitrogens with zero attached hydrogens (tertiary/aromatic N) is 1. The van der Waals surface area contributed by atoms with Gasteiger partial charge in [0.25, 0.3) is 11.5 Å². The molecule has 2 aromatic rings. The Kier molecular flexibility index (Phi) is 3.81. The zero-order valence-electron chi connectivity index (χ0n) is 9.68. The highest BCUT2D eigenvalue weighted by Crippen LogP contribution is 2.11. The number of carbonyl (C=O) groups excluding carboxylic acids is 1. The first-order valence-electron chi connectivity index (χ1n) is 5.30. The summed E-state index contributed by atoms with van der Waals surface area (Å²) in [6, 6.07) is 10.6. The minimum absolute atomic E-state index is 0.138. The number of aromatic nitrogens is 1. The van der Waals surface area contributed by atoms with Gasteiger partial charge in [-0.25, -0.2) is 0 Å². The quantitative estimate of drug-likeness (QED) is 0.841. The number of hydrogen-bond acceptors (Lipinski definition) is 2. The molecule has 0 spiro atoms. The minimum Gasteiger partial charge on any atom is -0.322 e. The van der Waals surface area contributed by atoms with Crippen LogP contribution in [0.4, 0.5) is 5.69 Å². The third-order valence-electron chi connectivity index (χ3n) is 2.47. The van der Waals surface area contributed by atoms with Gasteiger partial charge in [0, 0.05) is 22.5 Å². The van der Waals surface area contributed by atoms with E-state index in [4.69, 9.17) is 0 Å². The van der Waals surface area contributed by atoms with Crippen LogP contribution in [0.1, 0.15) is 10.4 Å². The van der Waals surface area contributed by atoms with Gasteiger partial charge in [-0.05, 0) is 59.0 Å². The molecule has 2 rings (SSSR count). The van der Waals surface area contributed by atoms with Gasteiger partial charge in [-0.2, -0.15) is 0 Å². The molecule has 0 saturated heterocycles. The molecule has 4 nitrogen and oxygen atoms in total. The van der Waals surface area contributed by atoms with Gasteiger partial charge in [-0.1, -0.05) is 0 Å². The lowest BCUT2D eigenvalue weighted by Crippen LogP contribution is -2.26. The maximum Gasteiger partial charge on any atom is 0.263 e. The first-order chi connectivity index (χ1) is 8.58. The van der Waals surface area contributed by atoms with E-state index in [2.05, 4.69) is 27.9 Å². The Hall–Kier alpha value is -1.63. The number of nitrogens with one attached hydrogen (secondary N) is 1. The van der Waals surface area contributed by atoms with Crippen LogP contribution in [-0.2, 0) is 7.05 Å². The number of aryl methyl sites for hydroxylation is 1. The SMILES string of the molecule is Cn1cccc(C(=O)Nc2ccc(I)cc2)c1=O. The van der Waals surface area contributed by atoms with Crippen LogP contribution in [0.15, 0.2) is 47.4 Å². The molecular formula is C13H11IN2O2. The summed E-state index contributed by atoms with van der Waals surface area (Å²) in [5.74, 6) is -0.391. The fourth-order valence-corrected chi connectivity index (χ4v) is 1.86. The van der Waals surface area contributed by atoms with Gasteiger partial charge in [0.1, 0.15) is 5.56 Å². The van der Waals surface area contributed by atoms with E-state index in [1.165, 1.54) is 10.6 Å². The van der Waals surface area contributed by atoms with E-state index >= 15 is 0 Å². The van der Waals surface area contributed by atoms with Crippen molar-refractivity contribution in [2.24, 2.45) is 7.05 Å². The molecule has 0 radical (unpaired) electrons. The smallest absolute Gasteiger partial charge is 0.263 e. The maximum atomic E-state index is 11.9. The van der Waals surface area contributed by atoms with Gasteiger partial charge < -0.3 is 9.88 Å². The summed E-state index contributed by atoms with van der Waals surface area (Å²) < 4.78 is 2.46. The molecule has 0 fully saturated rings. The summed E-state index contributed by atoms with van der Waals surface area (Å²) in [4.78, 5) is 23.7. The highest BCUT2D eigenvalue weighted by Gasteiger charge is 2.10. The van der Waals surface area contributed by atoms with Crippen molar-refractivity contribution in [1.82, 2.24) is 4.57 Å². The van der Waals surface area contributed by atoms with Crippen LogP contribution in [0.5, 0.6) is 0 Å². The molecule has 92 valence electrons. The van der Waals surface area contributed by atoms with E-state index in [1.807, 2.05) is 12.1 Å². The number of amides is 1. The third kappa shape index (κ3) is 2.79. The summed E-state index contributed by atoms with van der Waals surface area (Å²) in [5, 5.41) is 2.70. The summed E-state index contributed by atoms with van der Waals surface area (Å²) in [6.45, 7) is 0. The number of benzene rings is 1. The molecular weight excluding hydrogens is 343 g/mol. The molecule has 0 aliphatic heterocycles. The molecule has 1 aromatic carbocycles. The van der Waals surface area contributed by atoms with Crippen LogP contribution >= 0.6 is 22.6 Å². The predicted molar refractivity (Wildman–Crippen MR) is 78.8 cm³/mol. The molecule has 0 aliphatic rings. The van der Waals surface area contributed by atoms with Crippen molar-refractivity contribution in [1.29, 1.82) is 0 Å². The Bertz CT molecular complexity index is 632. The zero-order chi connectivity index (χ0) is 13.1. The lowest BCUT2D eigenvalue weighted by atomic mass is 10.2. The molecule has 0 aliphatic carbocycles. The van der Waals surface area contributed by atoms with E-state index < -0.39 is 5.91 Å². The van der Waals surface area contributed by atoms with Crippen molar-refractivity contribution < 1.29 is 4.79 Å². The van der Waals surface area contributed by atoms with Gasteiger partial charge in [-0.3, -0.25) is 9.59 Å². The van der Waals surface area contributed by atoms with Crippen LogP contribution in [0.25, 0.3) is 0 Å². The Morgan fingerprint density at radius 1 is 1.22 bits per heavy atom. The number of anilines is 1. The van der Waals surface area contributed by atoms with Crippen LogP contribution in [-0.4, -0.2) is 10.5 Å². The summed E-state index contributed by atoms with van der Waals surface area (Å²) in [7, 11) is 1.62. The molecule has 0 bridgehead atoms. The standard InChI is InChI=1S/C13H11IN2O2/c1-16-8-2-3-11(13(16)18)12(17)15-10-6-4-9(14)5-7-10/h2-8H,1H3,(H,15,17). The molecule has 1 heterocycles. The van der Waals surface area contributed by atoms with Crippen LogP contribution < -0.4 is 10.9 Å². The van der Waals surface area contributed by atoms with E-state index in [0.29, 0.717) is 5.69 Å². The Morgan fingerprint density at radius 2 is 1.89 bits per heavy atom. The summed E-state index contributed by atoms with van der Waals surface area (Å²) in [6.07, 6.45) is 1.62. The maximum absolute atomic E-state index is 11.9. The Morgan fingerprint density at radius 3 is 2.56 bits per heavy atom.